The summed E-state index contributed by atoms with van der Waals surface area (Å²) in [7, 11) is 0. The molecule has 0 amide bonds. The summed E-state index contributed by atoms with van der Waals surface area (Å²) >= 11 is 5.33. The lowest BCUT2D eigenvalue weighted by molar-refractivity contribution is -0.385. The molecular formula is C12H5BrINO3. The highest BCUT2D eigenvalue weighted by Gasteiger charge is 2.22. The first kappa shape index (κ1) is 11.9. The van der Waals surface area contributed by atoms with E-state index in [2.05, 4.69) is 15.9 Å². The zero-order valence-electron chi connectivity index (χ0n) is 8.81. The molecule has 6 heteroatoms. The molecule has 0 unspecified atom stereocenters. The predicted molar refractivity (Wildman–Crippen MR) is 80.8 cm³/mol. The first-order valence-electron chi connectivity index (χ1n) is 5.03. The second kappa shape index (κ2) is 4.20. The molecule has 0 radical (unpaired) electrons. The number of para-hydroxylation sites is 1. The predicted octanol–water partition coefficient (Wildman–Crippen LogP) is 4.86. The van der Waals surface area contributed by atoms with Crippen molar-refractivity contribution in [2.24, 2.45) is 0 Å². The van der Waals surface area contributed by atoms with Gasteiger partial charge in [0.2, 0.25) is 0 Å². The van der Waals surface area contributed by atoms with Crippen molar-refractivity contribution >= 4 is 66.1 Å². The second-order valence-corrected chi connectivity index (χ2v) is 5.68. The number of nitrogens with zero attached hydrogens (tertiary/aromatic N) is 1. The number of benzene rings is 2. The molecule has 1 heterocycles. The minimum atomic E-state index is -0.404. The van der Waals surface area contributed by atoms with E-state index in [-0.39, 0.29) is 5.69 Å². The van der Waals surface area contributed by atoms with Crippen LogP contribution in [0.4, 0.5) is 5.69 Å². The third-order valence-corrected chi connectivity index (χ3v) is 4.39. The maximum absolute atomic E-state index is 11.0. The van der Waals surface area contributed by atoms with Crippen molar-refractivity contribution < 1.29 is 9.34 Å². The third kappa shape index (κ3) is 1.63. The van der Waals surface area contributed by atoms with Crippen LogP contribution >= 0.6 is 38.5 Å². The van der Waals surface area contributed by atoms with E-state index in [9.17, 15) is 10.1 Å². The maximum Gasteiger partial charge on any atom is 0.287 e. The Kier molecular flexibility index (Phi) is 2.78. The molecule has 0 saturated heterocycles. The van der Waals surface area contributed by atoms with Gasteiger partial charge in [0.25, 0.3) is 5.69 Å². The molecular weight excluding hydrogens is 413 g/mol. The summed E-state index contributed by atoms with van der Waals surface area (Å²) in [5.41, 5.74) is 1.33. The summed E-state index contributed by atoms with van der Waals surface area (Å²) in [6.07, 6.45) is 0. The van der Waals surface area contributed by atoms with Crippen molar-refractivity contribution in [2.45, 2.75) is 0 Å². The Morgan fingerprint density at radius 2 is 2.06 bits per heavy atom. The number of nitro benzene ring substituents is 1. The summed E-state index contributed by atoms with van der Waals surface area (Å²) in [6, 6.07) is 9.10. The number of halogens is 2. The molecule has 0 spiro atoms. The van der Waals surface area contributed by atoms with Crippen molar-refractivity contribution in [3.8, 4) is 0 Å². The van der Waals surface area contributed by atoms with Crippen LogP contribution in [-0.2, 0) is 0 Å². The molecule has 0 saturated carbocycles. The Morgan fingerprint density at radius 3 is 2.78 bits per heavy atom. The molecule has 0 bridgehead atoms. The van der Waals surface area contributed by atoms with Crippen LogP contribution in [0.25, 0.3) is 21.9 Å². The second-order valence-electron chi connectivity index (χ2n) is 3.75. The van der Waals surface area contributed by atoms with E-state index in [0.29, 0.717) is 13.6 Å². The molecule has 2 aromatic carbocycles. The number of rotatable bonds is 1. The maximum atomic E-state index is 11.0. The van der Waals surface area contributed by atoms with Gasteiger partial charge in [-0.15, -0.1) is 0 Å². The van der Waals surface area contributed by atoms with Gasteiger partial charge in [-0.05, 0) is 44.6 Å². The van der Waals surface area contributed by atoms with E-state index in [1.165, 1.54) is 6.07 Å². The lowest BCUT2D eigenvalue weighted by atomic mass is 10.1. The molecule has 18 heavy (non-hydrogen) atoms. The van der Waals surface area contributed by atoms with Gasteiger partial charge in [-0.2, -0.15) is 0 Å². The van der Waals surface area contributed by atoms with Crippen LogP contribution in [0.2, 0.25) is 0 Å². The minimum Gasteiger partial charge on any atom is -0.455 e. The van der Waals surface area contributed by atoms with Gasteiger partial charge < -0.3 is 4.42 Å². The van der Waals surface area contributed by atoms with Gasteiger partial charge in [0, 0.05) is 21.3 Å². The quantitative estimate of drug-likeness (QED) is 0.322. The standard InChI is InChI=1S/C12H5BrINO3/c13-7-5-8(15(16)17)11(14)12-10(7)6-3-1-2-4-9(6)18-12/h1-5H. The van der Waals surface area contributed by atoms with E-state index in [1.807, 2.05) is 46.9 Å². The molecule has 0 fully saturated rings. The van der Waals surface area contributed by atoms with Crippen LogP contribution in [0.5, 0.6) is 0 Å². The lowest BCUT2D eigenvalue weighted by Gasteiger charge is -1.99. The van der Waals surface area contributed by atoms with Gasteiger partial charge >= 0.3 is 0 Å². The van der Waals surface area contributed by atoms with E-state index >= 15 is 0 Å². The highest BCUT2D eigenvalue weighted by Crippen LogP contribution is 2.40. The molecule has 0 N–H and O–H groups in total. The highest BCUT2D eigenvalue weighted by atomic mass is 127. The van der Waals surface area contributed by atoms with E-state index in [1.54, 1.807) is 0 Å². The Balaban J connectivity index is 2.56. The number of furan rings is 1. The van der Waals surface area contributed by atoms with Crippen LogP contribution in [0.15, 0.2) is 39.2 Å². The van der Waals surface area contributed by atoms with E-state index < -0.39 is 4.92 Å². The highest BCUT2D eigenvalue weighted by molar-refractivity contribution is 14.1. The summed E-state index contributed by atoms with van der Waals surface area (Å²) < 4.78 is 6.91. The number of nitro groups is 1. The summed E-state index contributed by atoms with van der Waals surface area (Å²) in [6.45, 7) is 0. The molecule has 0 atom stereocenters. The molecule has 3 rings (SSSR count). The molecule has 0 aliphatic rings. The van der Waals surface area contributed by atoms with Crippen LogP contribution in [0.1, 0.15) is 0 Å². The average Bonchev–Trinajstić information content (AvgIpc) is 2.73. The summed E-state index contributed by atoms with van der Waals surface area (Å²) in [5, 5.41) is 12.8. The molecule has 0 aliphatic heterocycles. The summed E-state index contributed by atoms with van der Waals surface area (Å²) in [5.74, 6) is 0. The smallest absolute Gasteiger partial charge is 0.287 e. The third-order valence-electron chi connectivity index (χ3n) is 2.72. The fourth-order valence-corrected chi connectivity index (χ4v) is 3.28. The normalized spacial score (nSPS) is 11.2. The van der Waals surface area contributed by atoms with Gasteiger partial charge in [-0.3, -0.25) is 10.1 Å². The van der Waals surface area contributed by atoms with Crippen molar-refractivity contribution in [2.75, 3.05) is 0 Å². The van der Waals surface area contributed by atoms with Gasteiger partial charge in [0.1, 0.15) is 9.15 Å². The largest absolute Gasteiger partial charge is 0.455 e. The SMILES string of the molecule is O=[N+]([O-])c1cc(Br)c2c(oc3ccccc32)c1I. The number of hydrogen-bond acceptors (Lipinski definition) is 3. The Morgan fingerprint density at radius 1 is 1.33 bits per heavy atom. The Bertz CT molecular complexity index is 797. The number of hydrogen-bond donors (Lipinski definition) is 0. The summed E-state index contributed by atoms with van der Waals surface area (Å²) in [4.78, 5) is 10.6. The monoisotopic (exact) mass is 417 g/mol. The van der Waals surface area contributed by atoms with Crippen LogP contribution in [0, 0.1) is 13.7 Å². The zero-order chi connectivity index (χ0) is 12.9. The van der Waals surface area contributed by atoms with Crippen molar-refractivity contribution in [3.05, 3.63) is 48.5 Å². The van der Waals surface area contributed by atoms with E-state index in [0.717, 1.165) is 16.4 Å². The molecule has 3 aromatic rings. The lowest BCUT2D eigenvalue weighted by Crippen LogP contribution is -1.91. The molecule has 0 aliphatic carbocycles. The van der Waals surface area contributed by atoms with E-state index in [4.69, 9.17) is 4.42 Å². The van der Waals surface area contributed by atoms with Crippen LogP contribution in [-0.4, -0.2) is 4.92 Å². The van der Waals surface area contributed by atoms with Crippen molar-refractivity contribution in [3.63, 3.8) is 0 Å². The fraction of sp³-hybridized carbons (Fsp3) is 0. The van der Waals surface area contributed by atoms with Crippen molar-refractivity contribution in [1.29, 1.82) is 0 Å². The van der Waals surface area contributed by atoms with Gasteiger partial charge in [0.15, 0.2) is 5.58 Å². The first-order valence-corrected chi connectivity index (χ1v) is 6.90. The average molecular weight is 418 g/mol. The Hall–Kier alpha value is -1.15. The van der Waals surface area contributed by atoms with Gasteiger partial charge in [0.05, 0.1) is 4.92 Å². The van der Waals surface area contributed by atoms with Crippen LogP contribution in [0.3, 0.4) is 0 Å². The molecule has 90 valence electrons. The fourth-order valence-electron chi connectivity index (χ4n) is 1.94. The first-order chi connectivity index (χ1) is 8.59. The minimum absolute atomic E-state index is 0.0500. The number of fused-ring (bicyclic) bond motifs is 3. The van der Waals surface area contributed by atoms with Gasteiger partial charge in [-0.25, -0.2) is 0 Å². The molecule has 4 nitrogen and oxygen atoms in total. The zero-order valence-corrected chi connectivity index (χ0v) is 12.6. The van der Waals surface area contributed by atoms with Gasteiger partial charge in [-0.1, -0.05) is 18.2 Å². The Labute approximate surface area is 123 Å². The van der Waals surface area contributed by atoms with Crippen molar-refractivity contribution in [1.82, 2.24) is 0 Å². The molecule has 1 aromatic heterocycles. The van der Waals surface area contributed by atoms with Crippen LogP contribution < -0.4 is 0 Å². The topological polar surface area (TPSA) is 56.3 Å².